The van der Waals surface area contributed by atoms with Crippen LogP contribution in [0.25, 0.3) is 22.3 Å². The van der Waals surface area contributed by atoms with E-state index in [-0.39, 0.29) is 11.2 Å². The Labute approximate surface area is 202 Å². The molecular weight excluding hydrogens is 430 g/mol. The molecular formula is C28H37NO5. The lowest BCUT2D eigenvalue weighted by molar-refractivity contribution is 0.257. The summed E-state index contributed by atoms with van der Waals surface area (Å²) in [6, 6.07) is 12.7. The van der Waals surface area contributed by atoms with Crippen LogP contribution in [0.2, 0.25) is 0 Å². The molecule has 0 fully saturated rings. The van der Waals surface area contributed by atoms with Crippen LogP contribution in [0.4, 0.5) is 0 Å². The lowest BCUT2D eigenvalue weighted by Gasteiger charge is -2.20. The Kier molecular flexibility index (Phi) is 9.83. The SMILES string of the molecule is CCCN(CCC)CCCCCOc1c(-c2ccc(OC)c(OC)c2)oc2ccccc2c1=O. The quantitative estimate of drug-likeness (QED) is 0.265. The van der Waals surface area contributed by atoms with Gasteiger partial charge in [0.25, 0.3) is 0 Å². The molecule has 0 N–H and O–H groups in total. The minimum absolute atomic E-state index is 0.163. The smallest absolute Gasteiger partial charge is 0.235 e. The molecule has 0 bridgehead atoms. The largest absolute Gasteiger partial charge is 0.493 e. The number of hydrogen-bond acceptors (Lipinski definition) is 6. The van der Waals surface area contributed by atoms with E-state index in [0.29, 0.717) is 40.4 Å². The molecule has 0 saturated carbocycles. The molecule has 2 aromatic carbocycles. The van der Waals surface area contributed by atoms with E-state index in [1.54, 1.807) is 38.5 Å². The van der Waals surface area contributed by atoms with Crippen LogP contribution in [-0.4, -0.2) is 45.4 Å². The average Bonchev–Trinajstić information content (AvgIpc) is 2.86. The van der Waals surface area contributed by atoms with E-state index in [1.807, 2.05) is 18.2 Å². The van der Waals surface area contributed by atoms with Crippen LogP contribution in [0.15, 0.2) is 51.7 Å². The number of para-hydroxylation sites is 1. The lowest BCUT2D eigenvalue weighted by Crippen LogP contribution is -2.26. The van der Waals surface area contributed by atoms with Crippen LogP contribution in [0.5, 0.6) is 17.2 Å². The molecule has 3 aromatic rings. The molecule has 0 unspecified atom stereocenters. The van der Waals surface area contributed by atoms with Gasteiger partial charge in [0.2, 0.25) is 11.2 Å². The highest BCUT2D eigenvalue weighted by Crippen LogP contribution is 2.36. The molecule has 0 amide bonds. The van der Waals surface area contributed by atoms with Crippen molar-refractivity contribution in [2.75, 3.05) is 40.5 Å². The third-order valence-corrected chi connectivity index (χ3v) is 5.85. The van der Waals surface area contributed by atoms with Crippen LogP contribution >= 0.6 is 0 Å². The minimum Gasteiger partial charge on any atom is -0.493 e. The number of ether oxygens (including phenoxy) is 3. The highest BCUT2D eigenvalue weighted by Gasteiger charge is 2.19. The van der Waals surface area contributed by atoms with Crippen molar-refractivity contribution in [3.8, 4) is 28.6 Å². The van der Waals surface area contributed by atoms with Gasteiger partial charge >= 0.3 is 0 Å². The number of methoxy groups -OCH3 is 2. The predicted molar refractivity (Wildman–Crippen MR) is 137 cm³/mol. The zero-order chi connectivity index (χ0) is 24.3. The summed E-state index contributed by atoms with van der Waals surface area (Å²) in [6.45, 7) is 8.32. The summed E-state index contributed by atoms with van der Waals surface area (Å²) in [5.74, 6) is 1.81. The molecule has 3 rings (SSSR count). The van der Waals surface area contributed by atoms with Crippen molar-refractivity contribution in [2.45, 2.75) is 46.0 Å². The Morgan fingerprint density at radius 3 is 2.29 bits per heavy atom. The van der Waals surface area contributed by atoms with E-state index in [0.717, 1.165) is 38.9 Å². The maximum Gasteiger partial charge on any atom is 0.235 e. The standard InChI is InChI=1S/C28H37NO5/c1-5-16-29(17-6-2)18-10-7-11-19-33-28-26(30)22-12-8-9-13-23(22)34-27(28)21-14-15-24(31-3)25(20-21)32-4/h8-9,12-15,20H,5-7,10-11,16-19H2,1-4H3. The van der Waals surface area contributed by atoms with Crippen LogP contribution in [0.1, 0.15) is 46.0 Å². The van der Waals surface area contributed by atoms with E-state index in [2.05, 4.69) is 18.7 Å². The van der Waals surface area contributed by atoms with Gasteiger partial charge in [0.05, 0.1) is 26.2 Å². The van der Waals surface area contributed by atoms with Crippen LogP contribution in [-0.2, 0) is 0 Å². The third kappa shape index (κ3) is 6.32. The fourth-order valence-electron chi connectivity index (χ4n) is 4.18. The Balaban J connectivity index is 1.77. The Morgan fingerprint density at radius 2 is 1.59 bits per heavy atom. The zero-order valence-electron chi connectivity index (χ0n) is 20.9. The van der Waals surface area contributed by atoms with Crippen LogP contribution in [0.3, 0.4) is 0 Å². The molecule has 0 aliphatic carbocycles. The highest BCUT2D eigenvalue weighted by molar-refractivity contribution is 5.82. The molecule has 0 atom stereocenters. The van der Waals surface area contributed by atoms with E-state index in [1.165, 1.54) is 12.8 Å². The fraction of sp³-hybridized carbons (Fsp3) is 0.464. The van der Waals surface area contributed by atoms with Gasteiger partial charge in [0.15, 0.2) is 17.3 Å². The molecule has 0 aliphatic heterocycles. The van der Waals surface area contributed by atoms with Gasteiger partial charge in [-0.3, -0.25) is 4.79 Å². The van der Waals surface area contributed by atoms with E-state index in [4.69, 9.17) is 18.6 Å². The zero-order valence-corrected chi connectivity index (χ0v) is 20.9. The van der Waals surface area contributed by atoms with Gasteiger partial charge in [0.1, 0.15) is 5.58 Å². The number of nitrogens with zero attached hydrogens (tertiary/aromatic N) is 1. The van der Waals surface area contributed by atoms with Crippen molar-refractivity contribution in [3.05, 3.63) is 52.7 Å². The third-order valence-electron chi connectivity index (χ3n) is 5.85. The summed E-state index contributed by atoms with van der Waals surface area (Å²) in [4.78, 5) is 15.8. The maximum absolute atomic E-state index is 13.3. The Hall–Kier alpha value is -2.99. The molecule has 0 saturated heterocycles. The van der Waals surface area contributed by atoms with Gasteiger partial charge in [0, 0.05) is 5.56 Å². The van der Waals surface area contributed by atoms with Crippen molar-refractivity contribution in [2.24, 2.45) is 0 Å². The number of fused-ring (bicyclic) bond motifs is 1. The van der Waals surface area contributed by atoms with Crippen molar-refractivity contribution in [3.63, 3.8) is 0 Å². The average molecular weight is 468 g/mol. The monoisotopic (exact) mass is 467 g/mol. The van der Waals surface area contributed by atoms with Gasteiger partial charge in [-0.25, -0.2) is 0 Å². The summed E-state index contributed by atoms with van der Waals surface area (Å²) in [7, 11) is 3.17. The first-order chi connectivity index (χ1) is 16.6. The second-order valence-electron chi connectivity index (χ2n) is 8.41. The van der Waals surface area contributed by atoms with Crippen molar-refractivity contribution >= 4 is 11.0 Å². The predicted octanol–water partition coefficient (Wildman–Crippen LogP) is 6.15. The number of hydrogen-bond donors (Lipinski definition) is 0. The first kappa shape index (κ1) is 25.6. The van der Waals surface area contributed by atoms with Crippen molar-refractivity contribution in [1.82, 2.24) is 4.90 Å². The second-order valence-corrected chi connectivity index (χ2v) is 8.41. The summed E-state index contributed by atoms with van der Waals surface area (Å²) >= 11 is 0. The molecule has 34 heavy (non-hydrogen) atoms. The van der Waals surface area contributed by atoms with E-state index >= 15 is 0 Å². The fourth-order valence-corrected chi connectivity index (χ4v) is 4.18. The summed E-state index contributed by atoms with van der Waals surface area (Å²) in [6.07, 6.45) is 5.41. The van der Waals surface area contributed by atoms with Gasteiger partial charge in [-0.1, -0.05) is 26.0 Å². The van der Waals surface area contributed by atoms with Gasteiger partial charge < -0.3 is 23.5 Å². The molecule has 6 heteroatoms. The number of benzene rings is 2. The summed E-state index contributed by atoms with van der Waals surface area (Å²) < 4.78 is 23.0. The first-order valence-electron chi connectivity index (χ1n) is 12.3. The second kappa shape index (κ2) is 13.0. The van der Waals surface area contributed by atoms with Gasteiger partial charge in [-0.2, -0.15) is 0 Å². The van der Waals surface area contributed by atoms with Crippen LogP contribution < -0.4 is 19.6 Å². The van der Waals surface area contributed by atoms with E-state index < -0.39 is 0 Å². The molecule has 6 nitrogen and oxygen atoms in total. The van der Waals surface area contributed by atoms with E-state index in [9.17, 15) is 4.79 Å². The van der Waals surface area contributed by atoms with Crippen molar-refractivity contribution in [1.29, 1.82) is 0 Å². The molecule has 0 spiro atoms. The minimum atomic E-state index is -0.163. The Bertz CT molecular complexity index is 1100. The summed E-state index contributed by atoms with van der Waals surface area (Å²) in [5.41, 5.74) is 1.06. The lowest BCUT2D eigenvalue weighted by atomic mass is 10.1. The number of rotatable bonds is 14. The van der Waals surface area contributed by atoms with Crippen molar-refractivity contribution < 1.29 is 18.6 Å². The molecule has 0 radical (unpaired) electrons. The topological polar surface area (TPSA) is 61.1 Å². The first-order valence-corrected chi connectivity index (χ1v) is 12.3. The molecule has 1 aromatic heterocycles. The maximum atomic E-state index is 13.3. The molecule has 1 heterocycles. The molecule has 0 aliphatic rings. The number of unbranched alkanes of at least 4 members (excludes halogenated alkanes) is 2. The van der Waals surface area contributed by atoms with Gasteiger partial charge in [-0.15, -0.1) is 0 Å². The summed E-state index contributed by atoms with van der Waals surface area (Å²) in [5, 5.41) is 0.511. The normalized spacial score (nSPS) is 11.2. The van der Waals surface area contributed by atoms with Gasteiger partial charge in [-0.05, 0) is 82.1 Å². The highest BCUT2D eigenvalue weighted by atomic mass is 16.5. The van der Waals surface area contributed by atoms with Crippen LogP contribution in [0, 0.1) is 0 Å². The Morgan fingerprint density at radius 1 is 0.853 bits per heavy atom. The molecule has 184 valence electrons.